The lowest BCUT2D eigenvalue weighted by molar-refractivity contribution is -0.195. The van der Waals surface area contributed by atoms with E-state index in [0.717, 1.165) is 18.5 Å². The average molecular weight is 199 g/mol. The van der Waals surface area contributed by atoms with Crippen LogP contribution < -0.4 is 0 Å². The minimum atomic E-state index is -0.0956. The predicted molar refractivity (Wildman–Crippen MR) is 51.3 cm³/mol. The third-order valence-corrected chi connectivity index (χ3v) is 2.35. The van der Waals surface area contributed by atoms with Crippen LogP contribution in [-0.2, 0) is 14.3 Å². The summed E-state index contributed by atoms with van der Waals surface area (Å²) in [5, 5.41) is 1.84. The van der Waals surface area contributed by atoms with Gasteiger partial charge in [0.15, 0.2) is 6.23 Å². The maximum absolute atomic E-state index is 5.68. The van der Waals surface area contributed by atoms with E-state index in [-0.39, 0.29) is 18.6 Å². The first-order valence-electron chi connectivity index (χ1n) is 5.05. The van der Waals surface area contributed by atoms with E-state index in [9.17, 15) is 0 Å². The molecule has 2 aliphatic rings. The third kappa shape index (κ3) is 2.15. The van der Waals surface area contributed by atoms with Crippen LogP contribution in [0, 0.1) is 0 Å². The molecule has 2 aliphatic heterocycles. The lowest BCUT2D eigenvalue weighted by atomic mass is 10.1. The molecule has 3 unspecified atom stereocenters. The Morgan fingerprint density at radius 1 is 1.50 bits per heavy atom. The van der Waals surface area contributed by atoms with Crippen LogP contribution in [0.15, 0.2) is 12.2 Å². The fraction of sp³-hybridized carbons (Fsp3) is 0.800. The number of hydrogen-bond donors (Lipinski definition) is 0. The van der Waals surface area contributed by atoms with Gasteiger partial charge in [0.05, 0.1) is 12.7 Å². The van der Waals surface area contributed by atoms with Crippen LogP contribution in [0.1, 0.15) is 20.3 Å². The Morgan fingerprint density at radius 3 is 2.93 bits per heavy atom. The summed E-state index contributed by atoms with van der Waals surface area (Å²) in [5.41, 5.74) is 1.11. The number of hydroxylamine groups is 2. The van der Waals surface area contributed by atoms with Crippen molar-refractivity contribution in [1.82, 2.24) is 5.06 Å². The van der Waals surface area contributed by atoms with E-state index in [1.54, 1.807) is 0 Å². The molecule has 0 N–H and O–H groups in total. The standard InChI is InChI=1S/C10H17NO3/c1-4-11-9-10(14-9)13-8(6-12-11)5-7(2)3/h8-10H,2,4-6H2,1,3H3. The minimum absolute atomic E-state index is 0.00937. The van der Waals surface area contributed by atoms with Gasteiger partial charge in [-0.1, -0.05) is 5.57 Å². The van der Waals surface area contributed by atoms with Gasteiger partial charge in [-0.05, 0) is 20.3 Å². The van der Waals surface area contributed by atoms with E-state index in [4.69, 9.17) is 14.3 Å². The molecule has 0 radical (unpaired) electrons. The van der Waals surface area contributed by atoms with Gasteiger partial charge in [-0.15, -0.1) is 6.58 Å². The van der Waals surface area contributed by atoms with Crippen LogP contribution in [-0.4, -0.2) is 36.8 Å². The predicted octanol–water partition coefficient (Wildman–Crippen LogP) is 1.29. The van der Waals surface area contributed by atoms with Gasteiger partial charge >= 0.3 is 0 Å². The first-order chi connectivity index (χ1) is 6.70. The highest BCUT2D eigenvalue weighted by Gasteiger charge is 2.48. The molecule has 4 heteroatoms. The molecule has 0 aromatic carbocycles. The van der Waals surface area contributed by atoms with Gasteiger partial charge < -0.3 is 9.47 Å². The fourth-order valence-electron chi connectivity index (χ4n) is 1.64. The smallest absolute Gasteiger partial charge is 0.202 e. The summed E-state index contributed by atoms with van der Waals surface area (Å²) in [5.74, 6) is 0. The second-order valence-corrected chi connectivity index (χ2v) is 3.84. The molecule has 0 saturated carbocycles. The summed E-state index contributed by atoms with van der Waals surface area (Å²) in [7, 11) is 0. The van der Waals surface area contributed by atoms with Crippen LogP contribution in [0.25, 0.3) is 0 Å². The molecule has 2 saturated heterocycles. The average Bonchev–Trinajstić information content (AvgIpc) is 2.82. The number of ether oxygens (including phenoxy) is 2. The number of fused-ring (bicyclic) bond motifs is 1. The van der Waals surface area contributed by atoms with Crippen molar-refractivity contribution in [3.8, 4) is 0 Å². The molecule has 14 heavy (non-hydrogen) atoms. The maximum Gasteiger partial charge on any atom is 0.202 e. The molecular formula is C10H17NO3. The van der Waals surface area contributed by atoms with Crippen molar-refractivity contribution in [1.29, 1.82) is 0 Å². The van der Waals surface area contributed by atoms with Gasteiger partial charge in [-0.3, -0.25) is 4.84 Å². The second-order valence-electron chi connectivity index (χ2n) is 3.84. The first-order valence-corrected chi connectivity index (χ1v) is 5.05. The quantitative estimate of drug-likeness (QED) is 0.506. The normalized spacial score (nSPS) is 37.4. The number of rotatable bonds is 3. The highest BCUT2D eigenvalue weighted by molar-refractivity contribution is 4.92. The molecule has 2 heterocycles. The maximum atomic E-state index is 5.68. The number of epoxide rings is 1. The molecule has 80 valence electrons. The summed E-state index contributed by atoms with van der Waals surface area (Å²) >= 11 is 0. The van der Waals surface area contributed by atoms with Gasteiger partial charge in [0.1, 0.15) is 0 Å². The number of hydrogen-bond acceptors (Lipinski definition) is 4. The van der Waals surface area contributed by atoms with E-state index in [0.29, 0.717) is 6.61 Å². The zero-order valence-electron chi connectivity index (χ0n) is 8.73. The molecule has 3 atom stereocenters. The van der Waals surface area contributed by atoms with Crippen molar-refractivity contribution >= 4 is 0 Å². The van der Waals surface area contributed by atoms with Crippen molar-refractivity contribution in [3.63, 3.8) is 0 Å². The van der Waals surface area contributed by atoms with Gasteiger partial charge in [0, 0.05) is 6.54 Å². The third-order valence-electron chi connectivity index (χ3n) is 2.35. The van der Waals surface area contributed by atoms with Gasteiger partial charge in [0.2, 0.25) is 6.29 Å². The number of likely N-dealkylation sites (N-methyl/N-ethyl adjacent to an activating group) is 1. The summed E-state index contributed by atoms with van der Waals surface area (Å²) in [4.78, 5) is 5.56. The van der Waals surface area contributed by atoms with E-state index in [1.807, 2.05) is 18.9 Å². The Kier molecular flexibility index (Phi) is 2.88. The molecule has 0 aromatic heterocycles. The highest BCUT2D eigenvalue weighted by Crippen LogP contribution is 2.32. The van der Waals surface area contributed by atoms with E-state index >= 15 is 0 Å². The van der Waals surface area contributed by atoms with Gasteiger partial charge in [-0.2, -0.15) is 5.06 Å². The SMILES string of the molecule is C=C(C)CC1CON(CC)C2OC2O1. The van der Waals surface area contributed by atoms with Crippen molar-refractivity contribution in [2.45, 2.75) is 38.9 Å². The lowest BCUT2D eigenvalue weighted by Crippen LogP contribution is -2.28. The van der Waals surface area contributed by atoms with Crippen LogP contribution in [0.5, 0.6) is 0 Å². The molecule has 2 fully saturated rings. The minimum Gasteiger partial charge on any atom is -0.342 e. The Bertz CT molecular complexity index is 231. The summed E-state index contributed by atoms with van der Waals surface area (Å²) in [6.45, 7) is 9.32. The lowest BCUT2D eigenvalue weighted by Gasteiger charge is -2.18. The number of nitrogens with zero attached hydrogens (tertiary/aromatic N) is 1. The van der Waals surface area contributed by atoms with E-state index < -0.39 is 0 Å². The highest BCUT2D eigenvalue weighted by atomic mass is 16.8. The van der Waals surface area contributed by atoms with Gasteiger partial charge in [0.25, 0.3) is 0 Å². The van der Waals surface area contributed by atoms with Crippen molar-refractivity contribution in [2.24, 2.45) is 0 Å². The van der Waals surface area contributed by atoms with Crippen LogP contribution in [0.2, 0.25) is 0 Å². The summed E-state index contributed by atoms with van der Waals surface area (Å²) < 4.78 is 11.0. The van der Waals surface area contributed by atoms with E-state index in [1.165, 1.54) is 0 Å². The monoisotopic (exact) mass is 199 g/mol. The Labute approximate surface area is 84.4 Å². The van der Waals surface area contributed by atoms with Crippen LogP contribution in [0.3, 0.4) is 0 Å². The van der Waals surface area contributed by atoms with Crippen molar-refractivity contribution in [2.75, 3.05) is 13.2 Å². The van der Waals surface area contributed by atoms with E-state index in [2.05, 4.69) is 6.58 Å². The largest absolute Gasteiger partial charge is 0.342 e. The topological polar surface area (TPSA) is 34.2 Å². The molecule has 0 aromatic rings. The van der Waals surface area contributed by atoms with Crippen LogP contribution in [0.4, 0.5) is 0 Å². The fourth-order valence-corrected chi connectivity index (χ4v) is 1.64. The van der Waals surface area contributed by atoms with Crippen molar-refractivity contribution in [3.05, 3.63) is 12.2 Å². The molecule has 0 amide bonds. The first kappa shape index (κ1) is 10.1. The Balaban J connectivity index is 1.89. The summed E-state index contributed by atoms with van der Waals surface area (Å²) in [6, 6.07) is 0. The van der Waals surface area contributed by atoms with Gasteiger partial charge in [-0.25, -0.2) is 0 Å². The zero-order valence-corrected chi connectivity index (χ0v) is 8.73. The summed E-state index contributed by atoms with van der Waals surface area (Å²) in [6.07, 6.45) is 0.834. The Morgan fingerprint density at radius 2 is 2.29 bits per heavy atom. The molecule has 0 aliphatic carbocycles. The Hall–Kier alpha value is -0.420. The molecular weight excluding hydrogens is 182 g/mol. The van der Waals surface area contributed by atoms with Crippen molar-refractivity contribution < 1.29 is 14.3 Å². The molecule has 4 nitrogen and oxygen atoms in total. The van der Waals surface area contributed by atoms with Crippen LogP contribution >= 0.6 is 0 Å². The zero-order chi connectivity index (χ0) is 10.1. The molecule has 2 rings (SSSR count). The molecule has 0 spiro atoms. The molecule has 0 bridgehead atoms. The second kappa shape index (κ2) is 3.98.